The van der Waals surface area contributed by atoms with Gasteiger partial charge in [-0.05, 0) is 18.8 Å². The summed E-state index contributed by atoms with van der Waals surface area (Å²) in [6, 6.07) is 0. The van der Waals surface area contributed by atoms with Crippen LogP contribution in [0.3, 0.4) is 0 Å². The summed E-state index contributed by atoms with van der Waals surface area (Å²) in [5.41, 5.74) is 5.89. The zero-order valence-electron chi connectivity index (χ0n) is 8.95. The molecule has 3 nitrogen and oxygen atoms in total. The van der Waals surface area contributed by atoms with Crippen molar-refractivity contribution in [2.75, 3.05) is 12.3 Å². The first-order valence-electron chi connectivity index (χ1n) is 5.93. The number of rotatable bonds is 1. The van der Waals surface area contributed by atoms with E-state index in [4.69, 9.17) is 5.73 Å². The van der Waals surface area contributed by atoms with Crippen LogP contribution in [0.25, 0.3) is 0 Å². The minimum Gasteiger partial charge on any atom is -0.328 e. The second-order valence-corrected chi connectivity index (χ2v) is 6.34. The Bertz CT molecular complexity index is 290. The van der Waals surface area contributed by atoms with Crippen molar-refractivity contribution < 1.29 is 4.79 Å². The average molecular weight is 226 g/mol. The van der Waals surface area contributed by atoms with Gasteiger partial charge in [0.1, 0.15) is 5.54 Å². The van der Waals surface area contributed by atoms with Crippen LogP contribution in [0.15, 0.2) is 0 Å². The van der Waals surface area contributed by atoms with Crippen molar-refractivity contribution in [1.29, 1.82) is 0 Å². The maximum atomic E-state index is 12.3. The number of hydrogen-bond donors (Lipinski definition) is 1. The quantitative estimate of drug-likeness (QED) is 0.730. The molecule has 2 N–H and O–H groups in total. The molecule has 0 aromatic heterocycles. The van der Waals surface area contributed by atoms with Gasteiger partial charge in [0.15, 0.2) is 0 Å². The van der Waals surface area contributed by atoms with Crippen LogP contribution >= 0.6 is 11.8 Å². The third-order valence-corrected chi connectivity index (χ3v) is 5.47. The number of amides is 1. The van der Waals surface area contributed by atoms with Crippen molar-refractivity contribution in [1.82, 2.24) is 4.90 Å². The van der Waals surface area contributed by atoms with E-state index in [9.17, 15) is 4.79 Å². The highest BCUT2D eigenvalue weighted by Crippen LogP contribution is 2.45. The lowest BCUT2D eigenvalue weighted by Crippen LogP contribution is -2.53. The summed E-state index contributed by atoms with van der Waals surface area (Å²) in [5.74, 6) is 1.79. The maximum Gasteiger partial charge on any atom is 0.243 e. The smallest absolute Gasteiger partial charge is 0.243 e. The number of nitrogens with two attached hydrogens (primary N) is 1. The van der Waals surface area contributed by atoms with Crippen LogP contribution in [-0.2, 0) is 4.79 Å². The SMILES string of the molecule is NC1(C2CCCC2)CC2SCCN2C1=O. The van der Waals surface area contributed by atoms with Crippen LogP contribution in [0.4, 0.5) is 0 Å². The molecule has 3 fully saturated rings. The predicted molar refractivity (Wildman–Crippen MR) is 61.5 cm³/mol. The summed E-state index contributed by atoms with van der Waals surface area (Å²) >= 11 is 1.90. The molecule has 4 heteroatoms. The van der Waals surface area contributed by atoms with Crippen LogP contribution in [0.5, 0.6) is 0 Å². The Labute approximate surface area is 94.8 Å². The molecule has 1 amide bonds. The van der Waals surface area contributed by atoms with Crippen molar-refractivity contribution >= 4 is 17.7 Å². The van der Waals surface area contributed by atoms with E-state index in [1.165, 1.54) is 12.8 Å². The van der Waals surface area contributed by atoms with Crippen LogP contribution in [0, 0.1) is 5.92 Å². The second kappa shape index (κ2) is 3.39. The van der Waals surface area contributed by atoms with Gasteiger partial charge < -0.3 is 10.6 Å². The summed E-state index contributed by atoms with van der Waals surface area (Å²) in [6.45, 7) is 0.917. The van der Waals surface area contributed by atoms with Crippen LogP contribution in [0.1, 0.15) is 32.1 Å². The van der Waals surface area contributed by atoms with Crippen molar-refractivity contribution in [3.05, 3.63) is 0 Å². The highest BCUT2D eigenvalue weighted by molar-refractivity contribution is 8.00. The number of thioether (sulfide) groups is 1. The summed E-state index contributed by atoms with van der Waals surface area (Å²) in [7, 11) is 0. The molecule has 1 aliphatic carbocycles. The molecule has 0 spiro atoms. The van der Waals surface area contributed by atoms with Gasteiger partial charge in [0.25, 0.3) is 0 Å². The summed E-state index contributed by atoms with van der Waals surface area (Å²) in [5, 5.41) is 0.392. The van der Waals surface area contributed by atoms with Gasteiger partial charge in [-0.2, -0.15) is 0 Å². The summed E-state index contributed by atoms with van der Waals surface area (Å²) in [4.78, 5) is 14.3. The standard InChI is InChI=1S/C11H18N2OS/c12-11(8-3-1-2-4-8)7-9-13(10(11)14)5-6-15-9/h8-9H,1-7,12H2. The Hall–Kier alpha value is -0.220. The molecule has 0 aromatic rings. The molecule has 2 unspecified atom stereocenters. The fourth-order valence-electron chi connectivity index (χ4n) is 3.35. The number of hydrogen-bond acceptors (Lipinski definition) is 3. The molecular formula is C11H18N2OS. The molecule has 2 heterocycles. The fourth-order valence-corrected chi connectivity index (χ4v) is 4.70. The van der Waals surface area contributed by atoms with Crippen molar-refractivity contribution in [2.45, 2.75) is 43.0 Å². The molecule has 15 heavy (non-hydrogen) atoms. The van der Waals surface area contributed by atoms with Crippen molar-refractivity contribution in [3.8, 4) is 0 Å². The molecule has 2 saturated heterocycles. The lowest BCUT2D eigenvalue weighted by Gasteiger charge is -2.29. The lowest BCUT2D eigenvalue weighted by molar-refractivity contribution is -0.133. The zero-order chi connectivity index (χ0) is 10.5. The Morgan fingerprint density at radius 1 is 1.40 bits per heavy atom. The average Bonchev–Trinajstić information content (AvgIpc) is 2.88. The number of carbonyl (C=O) groups is 1. The van der Waals surface area contributed by atoms with Gasteiger partial charge in [-0.3, -0.25) is 4.79 Å². The van der Waals surface area contributed by atoms with E-state index < -0.39 is 5.54 Å². The molecule has 2 aliphatic heterocycles. The Balaban J connectivity index is 1.84. The Morgan fingerprint density at radius 2 is 2.13 bits per heavy atom. The molecule has 3 rings (SSSR count). The van der Waals surface area contributed by atoms with Gasteiger partial charge in [-0.25, -0.2) is 0 Å². The highest BCUT2D eigenvalue weighted by atomic mass is 32.2. The van der Waals surface area contributed by atoms with E-state index in [1.54, 1.807) is 0 Å². The van der Waals surface area contributed by atoms with E-state index in [0.29, 0.717) is 11.3 Å². The van der Waals surface area contributed by atoms with E-state index >= 15 is 0 Å². The molecule has 2 atom stereocenters. The summed E-state index contributed by atoms with van der Waals surface area (Å²) < 4.78 is 0. The molecule has 3 aliphatic rings. The van der Waals surface area contributed by atoms with Crippen LogP contribution < -0.4 is 5.73 Å². The molecule has 84 valence electrons. The maximum absolute atomic E-state index is 12.3. The Kier molecular flexibility index (Phi) is 2.25. The normalized spacial score (nSPS) is 41.5. The van der Waals surface area contributed by atoms with Gasteiger partial charge in [-0.1, -0.05) is 12.8 Å². The van der Waals surface area contributed by atoms with Crippen LogP contribution in [-0.4, -0.2) is 34.0 Å². The zero-order valence-corrected chi connectivity index (χ0v) is 9.76. The second-order valence-electron chi connectivity index (χ2n) is 5.05. The van der Waals surface area contributed by atoms with E-state index in [-0.39, 0.29) is 5.91 Å². The minimum absolute atomic E-state index is 0.240. The van der Waals surface area contributed by atoms with E-state index in [1.807, 2.05) is 16.7 Å². The first kappa shape index (κ1) is 9.97. The minimum atomic E-state index is -0.505. The molecule has 0 radical (unpaired) electrons. The van der Waals surface area contributed by atoms with Gasteiger partial charge in [0.05, 0.1) is 5.37 Å². The van der Waals surface area contributed by atoms with Crippen LogP contribution in [0.2, 0.25) is 0 Å². The molecule has 1 saturated carbocycles. The third kappa shape index (κ3) is 1.34. The monoisotopic (exact) mass is 226 g/mol. The largest absolute Gasteiger partial charge is 0.328 e. The lowest BCUT2D eigenvalue weighted by atomic mass is 9.82. The van der Waals surface area contributed by atoms with Gasteiger partial charge in [0.2, 0.25) is 5.91 Å². The first-order valence-corrected chi connectivity index (χ1v) is 6.98. The summed E-state index contributed by atoms with van der Waals surface area (Å²) in [6.07, 6.45) is 5.73. The number of nitrogens with zero attached hydrogens (tertiary/aromatic N) is 1. The Morgan fingerprint density at radius 3 is 2.80 bits per heavy atom. The predicted octanol–water partition coefficient (Wildman–Crippen LogP) is 1.18. The molecule has 0 bridgehead atoms. The third-order valence-electron chi connectivity index (χ3n) is 4.25. The van der Waals surface area contributed by atoms with E-state index in [0.717, 1.165) is 31.6 Å². The van der Waals surface area contributed by atoms with Gasteiger partial charge in [-0.15, -0.1) is 11.8 Å². The highest BCUT2D eigenvalue weighted by Gasteiger charge is 2.55. The number of fused-ring (bicyclic) bond motifs is 1. The van der Waals surface area contributed by atoms with Crippen molar-refractivity contribution in [3.63, 3.8) is 0 Å². The van der Waals surface area contributed by atoms with E-state index in [2.05, 4.69) is 0 Å². The fraction of sp³-hybridized carbons (Fsp3) is 0.909. The van der Waals surface area contributed by atoms with Crippen molar-refractivity contribution in [2.24, 2.45) is 11.7 Å². The molecule has 0 aromatic carbocycles. The number of carbonyl (C=O) groups excluding carboxylic acids is 1. The topological polar surface area (TPSA) is 46.3 Å². The first-order chi connectivity index (χ1) is 7.22. The van der Waals surface area contributed by atoms with Gasteiger partial charge in [0, 0.05) is 18.7 Å². The van der Waals surface area contributed by atoms with Gasteiger partial charge >= 0.3 is 0 Å². The molecular weight excluding hydrogens is 208 g/mol.